The first-order valence-electron chi connectivity index (χ1n) is 6.84. The van der Waals surface area contributed by atoms with Crippen molar-refractivity contribution in [2.24, 2.45) is 0 Å². The van der Waals surface area contributed by atoms with Crippen LogP contribution in [-0.4, -0.2) is 21.0 Å². The van der Waals surface area contributed by atoms with Crippen molar-refractivity contribution < 1.29 is 18.9 Å². The average molecular weight is 414 g/mol. The third kappa shape index (κ3) is 4.86. The number of benzene rings is 2. The molecule has 2 aromatic rings. The minimum atomic E-state index is 0.269. The first-order chi connectivity index (χ1) is 10.7. The molecule has 0 aliphatic rings. The first-order valence-corrected chi connectivity index (χ1v) is 7.92. The summed E-state index contributed by atoms with van der Waals surface area (Å²) in [4.78, 5) is 0. The van der Waals surface area contributed by atoms with Crippen LogP contribution in [-0.2, 0) is 22.7 Å². The maximum Gasteiger partial charge on any atom is 0.162 e. The Morgan fingerprint density at radius 1 is 0.955 bits per heavy atom. The van der Waals surface area contributed by atoms with Crippen LogP contribution in [0, 0.1) is 3.57 Å². The third-order valence-electron chi connectivity index (χ3n) is 3.03. The molecule has 0 aromatic heterocycles. The molecule has 0 N–H and O–H groups in total. The maximum absolute atomic E-state index is 5.88. The molecule has 2 rings (SSSR count). The predicted octanol–water partition coefficient (Wildman–Crippen LogP) is 4.00. The fourth-order valence-electron chi connectivity index (χ4n) is 1.93. The summed E-state index contributed by atoms with van der Waals surface area (Å²) in [6, 6.07) is 14.0. The van der Waals surface area contributed by atoms with Crippen LogP contribution in [0.4, 0.5) is 0 Å². The molecule has 0 bridgehead atoms. The zero-order valence-electron chi connectivity index (χ0n) is 12.7. The zero-order valence-corrected chi connectivity index (χ0v) is 14.8. The fourth-order valence-corrected chi connectivity index (χ4v) is 2.52. The highest BCUT2D eigenvalue weighted by Crippen LogP contribution is 2.32. The van der Waals surface area contributed by atoms with Crippen LogP contribution in [0.15, 0.2) is 42.5 Å². The van der Waals surface area contributed by atoms with Crippen molar-refractivity contribution in [1.29, 1.82) is 0 Å². The van der Waals surface area contributed by atoms with Crippen molar-refractivity contribution in [3.8, 4) is 11.5 Å². The molecule has 0 aliphatic carbocycles. The largest absolute Gasteiger partial charge is 0.493 e. The Kier molecular flexibility index (Phi) is 6.95. The lowest BCUT2D eigenvalue weighted by Gasteiger charge is -2.14. The topological polar surface area (TPSA) is 36.9 Å². The molecule has 22 heavy (non-hydrogen) atoms. The van der Waals surface area contributed by atoms with E-state index in [-0.39, 0.29) is 6.79 Å². The fraction of sp³-hybridized carbons (Fsp3) is 0.294. The van der Waals surface area contributed by atoms with E-state index < -0.39 is 0 Å². The summed E-state index contributed by atoms with van der Waals surface area (Å²) in [5.74, 6) is 1.43. The Hall–Kier alpha value is -1.31. The van der Waals surface area contributed by atoms with Gasteiger partial charge in [0.15, 0.2) is 11.5 Å². The summed E-state index contributed by atoms with van der Waals surface area (Å²) in [5, 5.41) is 0. The van der Waals surface area contributed by atoms with Crippen molar-refractivity contribution in [3.05, 3.63) is 57.2 Å². The van der Waals surface area contributed by atoms with E-state index in [1.54, 1.807) is 14.2 Å². The Bertz CT molecular complexity index is 587. The highest BCUT2D eigenvalue weighted by atomic mass is 127. The molecule has 4 nitrogen and oxygen atoms in total. The summed E-state index contributed by atoms with van der Waals surface area (Å²) in [7, 11) is 3.24. The number of rotatable bonds is 8. The van der Waals surface area contributed by atoms with E-state index in [1.807, 2.05) is 42.5 Å². The molecule has 2 aromatic carbocycles. The van der Waals surface area contributed by atoms with Gasteiger partial charge in [0.05, 0.1) is 13.7 Å². The third-order valence-corrected chi connectivity index (χ3v) is 4.03. The van der Waals surface area contributed by atoms with Crippen molar-refractivity contribution in [3.63, 3.8) is 0 Å². The predicted molar refractivity (Wildman–Crippen MR) is 93.2 cm³/mol. The molecule has 0 saturated heterocycles. The molecule has 0 spiro atoms. The Morgan fingerprint density at radius 2 is 1.73 bits per heavy atom. The van der Waals surface area contributed by atoms with Crippen LogP contribution in [0.5, 0.6) is 11.5 Å². The van der Waals surface area contributed by atoms with Gasteiger partial charge in [-0.3, -0.25) is 0 Å². The molecule has 0 heterocycles. The van der Waals surface area contributed by atoms with E-state index in [4.69, 9.17) is 18.9 Å². The van der Waals surface area contributed by atoms with Crippen LogP contribution in [0.3, 0.4) is 0 Å². The zero-order chi connectivity index (χ0) is 15.8. The normalized spacial score (nSPS) is 10.5. The van der Waals surface area contributed by atoms with Gasteiger partial charge in [0.1, 0.15) is 13.4 Å². The van der Waals surface area contributed by atoms with Gasteiger partial charge in [-0.1, -0.05) is 30.3 Å². The van der Waals surface area contributed by atoms with Crippen molar-refractivity contribution >= 4 is 22.6 Å². The van der Waals surface area contributed by atoms with Gasteiger partial charge in [0.2, 0.25) is 0 Å². The smallest absolute Gasteiger partial charge is 0.162 e. The Balaban J connectivity index is 2.08. The highest BCUT2D eigenvalue weighted by Gasteiger charge is 2.11. The molecule has 0 aliphatic heterocycles. The van der Waals surface area contributed by atoms with Crippen molar-refractivity contribution in [2.75, 3.05) is 21.0 Å². The molecule has 5 heteroatoms. The summed E-state index contributed by atoms with van der Waals surface area (Å²) >= 11 is 2.27. The second-order valence-electron chi connectivity index (χ2n) is 4.62. The summed E-state index contributed by atoms with van der Waals surface area (Å²) in [5.41, 5.74) is 2.16. The standard InChI is InChI=1S/C17H19IO4/c1-19-12-21-11-14-8-16(20-2)17(9-15(14)18)22-10-13-6-4-3-5-7-13/h3-9H,10-12H2,1-2H3. The molecule has 0 unspecified atom stereocenters. The van der Waals surface area contributed by atoms with E-state index in [0.717, 1.165) is 20.4 Å². The van der Waals surface area contributed by atoms with Crippen molar-refractivity contribution in [2.45, 2.75) is 13.2 Å². The molecule has 0 saturated carbocycles. The van der Waals surface area contributed by atoms with Crippen LogP contribution in [0.2, 0.25) is 0 Å². The number of hydrogen-bond acceptors (Lipinski definition) is 4. The molecular formula is C17H19IO4. The van der Waals surface area contributed by atoms with Gasteiger partial charge in [-0.2, -0.15) is 0 Å². The van der Waals surface area contributed by atoms with Crippen LogP contribution in [0.25, 0.3) is 0 Å². The monoisotopic (exact) mass is 414 g/mol. The number of hydrogen-bond donors (Lipinski definition) is 0. The van der Waals surface area contributed by atoms with E-state index in [9.17, 15) is 0 Å². The van der Waals surface area contributed by atoms with Crippen LogP contribution in [0.1, 0.15) is 11.1 Å². The van der Waals surface area contributed by atoms with Crippen molar-refractivity contribution in [1.82, 2.24) is 0 Å². The van der Waals surface area contributed by atoms with E-state index >= 15 is 0 Å². The van der Waals surface area contributed by atoms with Gasteiger partial charge >= 0.3 is 0 Å². The van der Waals surface area contributed by atoms with E-state index in [1.165, 1.54) is 0 Å². The average Bonchev–Trinajstić information content (AvgIpc) is 2.55. The molecule has 0 atom stereocenters. The lowest BCUT2D eigenvalue weighted by molar-refractivity contribution is -0.0393. The summed E-state index contributed by atoms with van der Waals surface area (Å²) < 4.78 is 22.7. The van der Waals surface area contributed by atoms with Gasteiger partial charge in [-0.15, -0.1) is 0 Å². The number of halogens is 1. The van der Waals surface area contributed by atoms with Gasteiger partial charge in [-0.05, 0) is 45.9 Å². The van der Waals surface area contributed by atoms with Crippen LogP contribution >= 0.6 is 22.6 Å². The van der Waals surface area contributed by atoms with Gasteiger partial charge in [0, 0.05) is 10.7 Å². The lowest BCUT2D eigenvalue weighted by atomic mass is 10.2. The Labute approximate surface area is 144 Å². The molecular weight excluding hydrogens is 395 g/mol. The Morgan fingerprint density at radius 3 is 2.41 bits per heavy atom. The minimum Gasteiger partial charge on any atom is -0.493 e. The summed E-state index contributed by atoms with van der Waals surface area (Å²) in [6.07, 6.45) is 0. The number of ether oxygens (including phenoxy) is 4. The lowest BCUT2D eigenvalue weighted by Crippen LogP contribution is -2.02. The molecule has 0 amide bonds. The van der Waals surface area contributed by atoms with Gasteiger partial charge < -0.3 is 18.9 Å². The highest BCUT2D eigenvalue weighted by molar-refractivity contribution is 14.1. The maximum atomic E-state index is 5.88. The number of methoxy groups -OCH3 is 2. The first kappa shape index (κ1) is 17.1. The minimum absolute atomic E-state index is 0.269. The van der Waals surface area contributed by atoms with Crippen LogP contribution < -0.4 is 9.47 Å². The molecule has 0 radical (unpaired) electrons. The quantitative estimate of drug-likeness (QED) is 0.372. The molecule has 118 valence electrons. The summed E-state index contributed by atoms with van der Waals surface area (Å²) in [6.45, 7) is 1.25. The molecule has 0 fully saturated rings. The SMILES string of the molecule is COCOCc1cc(OC)c(OCc2ccccc2)cc1I. The second-order valence-corrected chi connectivity index (χ2v) is 5.79. The van der Waals surface area contributed by atoms with E-state index in [0.29, 0.717) is 19.0 Å². The second kappa shape index (κ2) is 8.97. The van der Waals surface area contributed by atoms with Gasteiger partial charge in [-0.25, -0.2) is 0 Å². The van der Waals surface area contributed by atoms with E-state index in [2.05, 4.69) is 22.6 Å². The van der Waals surface area contributed by atoms with Gasteiger partial charge in [0.25, 0.3) is 0 Å².